The average Bonchev–Trinajstić information content (AvgIpc) is 3.14. The lowest BCUT2D eigenvalue weighted by molar-refractivity contribution is -0.129. The Hall–Kier alpha value is -2.12. The monoisotopic (exact) mass is 432 g/mol. The van der Waals surface area contributed by atoms with Crippen molar-refractivity contribution in [2.45, 2.75) is 33.1 Å². The minimum atomic E-state index is -0.0404. The number of rotatable bonds is 3. The summed E-state index contributed by atoms with van der Waals surface area (Å²) in [4.78, 5) is 34.5. The van der Waals surface area contributed by atoms with E-state index >= 15 is 0 Å². The van der Waals surface area contributed by atoms with Gasteiger partial charge in [-0.2, -0.15) is 0 Å². The first-order chi connectivity index (χ1) is 13.9. The maximum Gasteiger partial charge on any atom is 0.227 e. The molecule has 1 saturated heterocycles. The summed E-state index contributed by atoms with van der Waals surface area (Å²) in [5.41, 5.74) is 2.87. The van der Waals surface area contributed by atoms with Crippen molar-refractivity contribution in [2.24, 2.45) is 5.92 Å². The van der Waals surface area contributed by atoms with E-state index in [1.807, 2.05) is 30.0 Å². The summed E-state index contributed by atoms with van der Waals surface area (Å²) >= 11 is 7.77. The van der Waals surface area contributed by atoms with E-state index < -0.39 is 0 Å². The zero-order chi connectivity index (χ0) is 20.5. The number of hydrogen-bond donors (Lipinski definition) is 1. The van der Waals surface area contributed by atoms with Crippen LogP contribution < -0.4 is 10.2 Å². The van der Waals surface area contributed by atoms with Gasteiger partial charge in [-0.3, -0.25) is 9.59 Å². The van der Waals surface area contributed by atoms with Gasteiger partial charge in [0.2, 0.25) is 11.8 Å². The molecule has 1 aliphatic heterocycles. The van der Waals surface area contributed by atoms with Crippen LogP contribution in [0, 0.1) is 12.8 Å². The molecule has 1 aromatic carbocycles. The highest BCUT2D eigenvalue weighted by molar-refractivity contribution is 7.15. The highest BCUT2D eigenvalue weighted by Gasteiger charge is 2.29. The molecule has 2 aliphatic rings. The van der Waals surface area contributed by atoms with E-state index in [0.717, 1.165) is 67.5 Å². The number of aromatic nitrogens is 1. The fraction of sp³-hybridized carbons (Fsp3) is 0.476. The maximum atomic E-state index is 12.8. The molecule has 1 aliphatic carbocycles. The van der Waals surface area contributed by atoms with Crippen LogP contribution in [0.3, 0.4) is 0 Å². The Labute approximate surface area is 179 Å². The van der Waals surface area contributed by atoms with Crippen LogP contribution >= 0.6 is 22.9 Å². The molecule has 29 heavy (non-hydrogen) atoms. The Morgan fingerprint density at radius 1 is 1.24 bits per heavy atom. The molecule has 154 valence electrons. The van der Waals surface area contributed by atoms with Crippen LogP contribution in [0.1, 0.15) is 29.5 Å². The zero-order valence-electron chi connectivity index (χ0n) is 16.7. The van der Waals surface area contributed by atoms with Gasteiger partial charge < -0.3 is 15.1 Å². The number of fused-ring (bicyclic) bond motifs is 1. The first-order valence-corrected chi connectivity index (χ1v) is 11.2. The van der Waals surface area contributed by atoms with Crippen LogP contribution in [0.5, 0.6) is 0 Å². The Balaban J connectivity index is 1.39. The molecule has 0 spiro atoms. The molecule has 0 bridgehead atoms. The predicted octanol–water partition coefficient (Wildman–Crippen LogP) is 3.52. The van der Waals surface area contributed by atoms with Gasteiger partial charge in [0.1, 0.15) is 0 Å². The molecule has 1 fully saturated rings. The van der Waals surface area contributed by atoms with Gasteiger partial charge in [0, 0.05) is 54.6 Å². The third-order valence-electron chi connectivity index (χ3n) is 5.72. The normalized spacial score (nSPS) is 19.1. The Morgan fingerprint density at radius 3 is 2.69 bits per heavy atom. The van der Waals surface area contributed by atoms with Crippen LogP contribution in [-0.4, -0.2) is 47.9 Å². The summed E-state index contributed by atoms with van der Waals surface area (Å²) in [5, 5.41) is 4.76. The zero-order valence-corrected chi connectivity index (χ0v) is 18.3. The standard InChI is InChI=1S/C21H25ClN4O2S/c1-13-11-16(4-5-17(13)22)23-20(28)15-3-6-18-19(12-15)29-21(24-18)26-9-7-25(8-10-26)14(2)27/h4-5,11,15H,3,6-10,12H2,1-2H3,(H,23,28). The third-order valence-corrected chi connectivity index (χ3v) is 7.32. The molecule has 2 heterocycles. The van der Waals surface area contributed by atoms with Gasteiger partial charge in [0.05, 0.1) is 5.69 Å². The van der Waals surface area contributed by atoms with E-state index in [1.54, 1.807) is 18.3 Å². The highest BCUT2D eigenvalue weighted by Crippen LogP contribution is 2.35. The molecule has 1 unspecified atom stereocenters. The molecule has 4 rings (SSSR count). The van der Waals surface area contributed by atoms with Crippen LogP contribution in [-0.2, 0) is 22.4 Å². The van der Waals surface area contributed by atoms with E-state index in [-0.39, 0.29) is 17.7 Å². The number of halogens is 1. The Morgan fingerprint density at radius 2 is 2.00 bits per heavy atom. The van der Waals surface area contributed by atoms with Crippen molar-refractivity contribution in [3.8, 4) is 0 Å². The van der Waals surface area contributed by atoms with Crippen LogP contribution in [0.4, 0.5) is 10.8 Å². The van der Waals surface area contributed by atoms with Gasteiger partial charge in [-0.1, -0.05) is 11.6 Å². The molecule has 1 atom stereocenters. The fourth-order valence-corrected chi connectivity index (χ4v) is 5.26. The van der Waals surface area contributed by atoms with Crippen LogP contribution in [0.15, 0.2) is 18.2 Å². The summed E-state index contributed by atoms with van der Waals surface area (Å²) in [7, 11) is 0. The lowest BCUT2D eigenvalue weighted by atomic mass is 9.90. The Kier molecular flexibility index (Phi) is 5.79. The number of nitrogens with zero attached hydrogens (tertiary/aromatic N) is 3. The van der Waals surface area contributed by atoms with Gasteiger partial charge in [-0.15, -0.1) is 11.3 Å². The van der Waals surface area contributed by atoms with Crippen molar-refractivity contribution in [3.05, 3.63) is 39.4 Å². The van der Waals surface area contributed by atoms with Gasteiger partial charge in [-0.05, 0) is 49.9 Å². The second-order valence-electron chi connectivity index (χ2n) is 7.75. The number of hydrogen-bond acceptors (Lipinski definition) is 5. The summed E-state index contributed by atoms with van der Waals surface area (Å²) in [5.74, 6) is 0.150. The first kappa shape index (κ1) is 20.2. The molecule has 1 aromatic heterocycles. The molecule has 0 radical (unpaired) electrons. The van der Waals surface area contributed by atoms with Gasteiger partial charge >= 0.3 is 0 Å². The molecule has 1 N–H and O–H groups in total. The smallest absolute Gasteiger partial charge is 0.227 e. The number of carbonyl (C=O) groups excluding carboxylic acids is 2. The van der Waals surface area contributed by atoms with Gasteiger partial charge in [0.25, 0.3) is 0 Å². The number of benzene rings is 1. The van der Waals surface area contributed by atoms with Gasteiger partial charge in [-0.25, -0.2) is 4.98 Å². The fourth-order valence-electron chi connectivity index (χ4n) is 3.90. The minimum absolute atomic E-state index is 0.0404. The quantitative estimate of drug-likeness (QED) is 0.805. The average molecular weight is 433 g/mol. The van der Waals surface area contributed by atoms with E-state index in [9.17, 15) is 9.59 Å². The van der Waals surface area contributed by atoms with Crippen molar-refractivity contribution in [2.75, 3.05) is 36.4 Å². The molecule has 2 amide bonds. The number of thiazole rings is 1. The molecule has 6 nitrogen and oxygen atoms in total. The first-order valence-electron chi connectivity index (χ1n) is 9.97. The van der Waals surface area contributed by atoms with Gasteiger partial charge in [0.15, 0.2) is 5.13 Å². The topological polar surface area (TPSA) is 65.5 Å². The van der Waals surface area contributed by atoms with E-state index in [2.05, 4.69) is 10.2 Å². The maximum absolute atomic E-state index is 12.8. The number of amides is 2. The number of piperazine rings is 1. The number of carbonyl (C=O) groups is 2. The van der Waals surface area contributed by atoms with Crippen molar-refractivity contribution >= 4 is 45.6 Å². The third kappa shape index (κ3) is 4.41. The second-order valence-corrected chi connectivity index (χ2v) is 9.22. The van der Waals surface area contributed by atoms with E-state index in [1.165, 1.54) is 4.88 Å². The van der Waals surface area contributed by atoms with Crippen LogP contribution in [0.2, 0.25) is 5.02 Å². The van der Waals surface area contributed by atoms with Crippen LogP contribution in [0.25, 0.3) is 0 Å². The van der Waals surface area contributed by atoms with Crippen molar-refractivity contribution < 1.29 is 9.59 Å². The van der Waals surface area contributed by atoms with Crippen molar-refractivity contribution in [3.63, 3.8) is 0 Å². The molecule has 0 saturated carbocycles. The minimum Gasteiger partial charge on any atom is -0.345 e. The molecule has 2 aromatic rings. The summed E-state index contributed by atoms with van der Waals surface area (Å²) < 4.78 is 0. The predicted molar refractivity (Wildman–Crippen MR) is 117 cm³/mol. The Bertz CT molecular complexity index is 937. The summed E-state index contributed by atoms with van der Waals surface area (Å²) in [6.07, 6.45) is 2.38. The summed E-state index contributed by atoms with van der Waals surface area (Å²) in [6, 6.07) is 5.56. The number of anilines is 2. The van der Waals surface area contributed by atoms with E-state index in [0.29, 0.717) is 5.02 Å². The second kappa shape index (κ2) is 8.32. The number of nitrogens with one attached hydrogen (secondary N) is 1. The lowest BCUT2D eigenvalue weighted by Gasteiger charge is -2.33. The lowest BCUT2D eigenvalue weighted by Crippen LogP contribution is -2.48. The SMILES string of the molecule is CC(=O)N1CCN(c2nc3c(s2)CC(C(=O)Nc2ccc(Cl)c(C)c2)CC3)CC1. The van der Waals surface area contributed by atoms with E-state index in [4.69, 9.17) is 16.6 Å². The highest BCUT2D eigenvalue weighted by atomic mass is 35.5. The van der Waals surface area contributed by atoms with Crippen molar-refractivity contribution in [1.82, 2.24) is 9.88 Å². The summed E-state index contributed by atoms with van der Waals surface area (Å²) in [6.45, 7) is 6.65. The van der Waals surface area contributed by atoms with Crippen molar-refractivity contribution in [1.29, 1.82) is 0 Å². The molecular formula is C21H25ClN4O2S. The number of aryl methyl sites for hydroxylation is 2. The molecular weight excluding hydrogens is 408 g/mol. The largest absolute Gasteiger partial charge is 0.345 e. The molecule has 8 heteroatoms.